The third-order valence-electron chi connectivity index (χ3n) is 6.85. The Morgan fingerprint density at radius 1 is 1.18 bits per heavy atom. The number of carbonyl (C=O) groups excluding carboxylic acids is 1. The SMILES string of the molecule is CN(C)C(=O)CC1CC2(CCN(CC3CCOCC3)CC2)Oc2ccccc21. The van der Waals surface area contributed by atoms with Crippen LogP contribution in [0.5, 0.6) is 5.75 Å². The Hall–Kier alpha value is -1.59. The van der Waals surface area contributed by atoms with Crippen LogP contribution in [0.2, 0.25) is 0 Å². The average molecular weight is 387 g/mol. The summed E-state index contributed by atoms with van der Waals surface area (Å²) in [5, 5.41) is 0. The van der Waals surface area contributed by atoms with Gasteiger partial charge in [0.1, 0.15) is 11.4 Å². The summed E-state index contributed by atoms with van der Waals surface area (Å²) >= 11 is 0. The third kappa shape index (κ3) is 4.36. The number of ether oxygens (including phenoxy) is 2. The highest BCUT2D eigenvalue weighted by Gasteiger charge is 2.43. The summed E-state index contributed by atoms with van der Waals surface area (Å²) in [5.41, 5.74) is 1.09. The van der Waals surface area contributed by atoms with Gasteiger partial charge in [-0.3, -0.25) is 4.79 Å². The Balaban J connectivity index is 1.43. The van der Waals surface area contributed by atoms with Gasteiger partial charge in [0.15, 0.2) is 0 Å². The van der Waals surface area contributed by atoms with Crippen LogP contribution in [-0.2, 0) is 9.53 Å². The third-order valence-corrected chi connectivity index (χ3v) is 6.85. The van der Waals surface area contributed by atoms with E-state index in [1.807, 2.05) is 20.2 Å². The predicted octanol–water partition coefficient (Wildman–Crippen LogP) is 3.29. The van der Waals surface area contributed by atoms with Gasteiger partial charge < -0.3 is 19.3 Å². The van der Waals surface area contributed by atoms with E-state index in [1.54, 1.807) is 4.90 Å². The lowest BCUT2D eigenvalue weighted by molar-refractivity contribution is -0.129. The van der Waals surface area contributed by atoms with Crippen LogP contribution >= 0.6 is 0 Å². The van der Waals surface area contributed by atoms with Gasteiger partial charge in [0.2, 0.25) is 5.91 Å². The molecule has 0 radical (unpaired) electrons. The van der Waals surface area contributed by atoms with Crippen molar-refractivity contribution < 1.29 is 14.3 Å². The van der Waals surface area contributed by atoms with E-state index in [2.05, 4.69) is 23.1 Å². The molecule has 0 N–H and O–H groups in total. The number of hydrogen-bond donors (Lipinski definition) is 0. The first-order chi connectivity index (χ1) is 13.5. The first-order valence-corrected chi connectivity index (χ1v) is 10.8. The number of piperidine rings is 1. The second-order valence-electron chi connectivity index (χ2n) is 9.07. The van der Waals surface area contributed by atoms with Crippen molar-refractivity contribution in [3.05, 3.63) is 29.8 Å². The molecule has 4 rings (SSSR count). The Morgan fingerprint density at radius 2 is 1.89 bits per heavy atom. The van der Waals surface area contributed by atoms with Crippen molar-refractivity contribution in [2.75, 3.05) is 46.9 Å². The van der Waals surface area contributed by atoms with Crippen molar-refractivity contribution in [3.63, 3.8) is 0 Å². The average Bonchev–Trinajstić information content (AvgIpc) is 2.70. The van der Waals surface area contributed by atoms with Crippen molar-refractivity contribution in [2.24, 2.45) is 5.92 Å². The van der Waals surface area contributed by atoms with E-state index in [4.69, 9.17) is 9.47 Å². The topological polar surface area (TPSA) is 42.0 Å². The molecule has 3 aliphatic heterocycles. The van der Waals surface area contributed by atoms with Crippen LogP contribution in [0.1, 0.15) is 50.0 Å². The number of likely N-dealkylation sites (tertiary alicyclic amines) is 1. The molecule has 28 heavy (non-hydrogen) atoms. The fourth-order valence-corrected chi connectivity index (χ4v) is 5.06. The van der Waals surface area contributed by atoms with Crippen LogP contribution in [0.4, 0.5) is 0 Å². The maximum atomic E-state index is 12.4. The van der Waals surface area contributed by atoms with Gasteiger partial charge in [-0.05, 0) is 49.7 Å². The van der Waals surface area contributed by atoms with Crippen molar-refractivity contribution in [1.82, 2.24) is 9.80 Å². The minimum absolute atomic E-state index is 0.113. The highest BCUT2D eigenvalue weighted by Crippen LogP contribution is 2.46. The van der Waals surface area contributed by atoms with Crippen molar-refractivity contribution >= 4 is 5.91 Å². The van der Waals surface area contributed by atoms with Gasteiger partial charge in [0.05, 0.1) is 0 Å². The molecule has 0 aliphatic carbocycles. The number of benzene rings is 1. The van der Waals surface area contributed by atoms with E-state index in [1.165, 1.54) is 24.9 Å². The van der Waals surface area contributed by atoms with E-state index >= 15 is 0 Å². The van der Waals surface area contributed by atoms with Gasteiger partial charge >= 0.3 is 0 Å². The number of hydrogen-bond acceptors (Lipinski definition) is 4. The van der Waals surface area contributed by atoms with Gasteiger partial charge in [-0.1, -0.05) is 18.2 Å². The van der Waals surface area contributed by atoms with Gasteiger partial charge in [-0.15, -0.1) is 0 Å². The fraction of sp³-hybridized carbons (Fsp3) is 0.696. The van der Waals surface area contributed by atoms with E-state index < -0.39 is 0 Å². The second-order valence-corrected chi connectivity index (χ2v) is 9.07. The largest absolute Gasteiger partial charge is 0.487 e. The Morgan fingerprint density at radius 3 is 2.61 bits per heavy atom. The summed E-state index contributed by atoms with van der Waals surface area (Å²) in [6.07, 6.45) is 6.02. The van der Waals surface area contributed by atoms with Crippen LogP contribution < -0.4 is 4.74 Å². The molecular weight excluding hydrogens is 352 g/mol. The van der Waals surface area contributed by atoms with Gasteiger partial charge in [-0.2, -0.15) is 0 Å². The molecule has 1 aromatic carbocycles. The predicted molar refractivity (Wildman–Crippen MR) is 110 cm³/mol. The summed E-state index contributed by atoms with van der Waals surface area (Å²) < 4.78 is 12.1. The lowest BCUT2D eigenvalue weighted by Crippen LogP contribution is -2.51. The molecule has 2 saturated heterocycles. The van der Waals surface area contributed by atoms with Gasteiger partial charge in [0.25, 0.3) is 0 Å². The monoisotopic (exact) mass is 386 g/mol. The second kappa shape index (κ2) is 8.42. The standard InChI is InChI=1S/C23H34N2O3/c1-24(2)22(26)15-19-16-23(28-21-6-4-3-5-20(19)21)9-11-25(12-10-23)17-18-7-13-27-14-8-18/h3-6,18-19H,7-17H2,1-2H3. The molecule has 1 amide bonds. The molecule has 0 aromatic heterocycles. The minimum Gasteiger partial charge on any atom is -0.487 e. The molecule has 5 heteroatoms. The smallest absolute Gasteiger partial charge is 0.222 e. The molecule has 0 saturated carbocycles. The molecule has 1 atom stereocenters. The number of para-hydroxylation sites is 1. The normalized spacial score (nSPS) is 25.1. The van der Waals surface area contributed by atoms with Gasteiger partial charge in [-0.25, -0.2) is 0 Å². The van der Waals surface area contributed by atoms with Crippen molar-refractivity contribution in [1.29, 1.82) is 0 Å². The minimum atomic E-state index is -0.113. The van der Waals surface area contributed by atoms with E-state index in [0.29, 0.717) is 6.42 Å². The summed E-state index contributed by atoms with van der Waals surface area (Å²) in [6.45, 7) is 5.22. The Bertz CT molecular complexity index is 676. The maximum Gasteiger partial charge on any atom is 0.222 e. The lowest BCUT2D eigenvalue weighted by atomic mass is 9.76. The van der Waals surface area contributed by atoms with Gasteiger partial charge in [0, 0.05) is 59.3 Å². The molecule has 1 aromatic rings. The number of carbonyl (C=O) groups is 1. The fourth-order valence-electron chi connectivity index (χ4n) is 5.06. The summed E-state index contributed by atoms with van der Waals surface area (Å²) in [5.74, 6) is 2.22. The van der Waals surface area contributed by atoms with Crippen molar-refractivity contribution in [2.45, 2.75) is 50.0 Å². The lowest BCUT2D eigenvalue weighted by Gasteiger charge is -2.47. The molecule has 3 aliphatic rings. The van der Waals surface area contributed by atoms with Crippen LogP contribution in [0.3, 0.4) is 0 Å². The molecule has 0 bridgehead atoms. The van der Waals surface area contributed by atoms with Crippen LogP contribution in [0, 0.1) is 5.92 Å². The van der Waals surface area contributed by atoms with E-state index in [-0.39, 0.29) is 17.4 Å². The summed E-state index contributed by atoms with van der Waals surface area (Å²) in [4.78, 5) is 16.8. The van der Waals surface area contributed by atoms with Crippen LogP contribution in [0.25, 0.3) is 0 Å². The molecule has 5 nitrogen and oxygen atoms in total. The van der Waals surface area contributed by atoms with E-state index in [9.17, 15) is 4.79 Å². The van der Waals surface area contributed by atoms with Crippen molar-refractivity contribution in [3.8, 4) is 5.75 Å². The number of fused-ring (bicyclic) bond motifs is 1. The number of amides is 1. The molecule has 3 heterocycles. The first kappa shape index (κ1) is 19.7. The molecule has 2 fully saturated rings. The maximum absolute atomic E-state index is 12.4. The number of nitrogens with zero attached hydrogens (tertiary/aromatic N) is 2. The zero-order chi connectivity index (χ0) is 19.6. The summed E-state index contributed by atoms with van der Waals surface area (Å²) in [7, 11) is 3.69. The zero-order valence-corrected chi connectivity index (χ0v) is 17.4. The highest BCUT2D eigenvalue weighted by atomic mass is 16.5. The molecule has 154 valence electrons. The first-order valence-electron chi connectivity index (χ1n) is 10.8. The van der Waals surface area contributed by atoms with E-state index in [0.717, 1.165) is 57.2 Å². The Kier molecular flexibility index (Phi) is 5.93. The molecule has 1 unspecified atom stereocenters. The Labute approximate surface area is 169 Å². The quantitative estimate of drug-likeness (QED) is 0.796. The highest BCUT2D eigenvalue weighted by molar-refractivity contribution is 5.76. The molecular formula is C23H34N2O3. The van der Waals surface area contributed by atoms with Crippen LogP contribution in [0.15, 0.2) is 24.3 Å². The number of rotatable bonds is 4. The van der Waals surface area contributed by atoms with Crippen LogP contribution in [-0.4, -0.2) is 68.3 Å². The molecule has 1 spiro atoms. The zero-order valence-electron chi connectivity index (χ0n) is 17.4. The summed E-state index contributed by atoms with van der Waals surface area (Å²) in [6, 6.07) is 8.32.